The van der Waals surface area contributed by atoms with Crippen LogP contribution in [0.1, 0.15) is 52.2 Å². The van der Waals surface area contributed by atoms with E-state index in [0.717, 1.165) is 68.4 Å². The Morgan fingerprint density at radius 1 is 0.815 bits per heavy atom. The molecule has 4 aromatic rings. The van der Waals surface area contributed by atoms with Crippen LogP contribution in [0.15, 0.2) is 114 Å². The second kappa shape index (κ2) is 14.7. The number of hydrogen-bond donors (Lipinski definition) is 3. The number of allylic oxidation sites excluding steroid dienone is 8. The summed E-state index contributed by atoms with van der Waals surface area (Å²) in [7, 11) is -8.57. The summed E-state index contributed by atoms with van der Waals surface area (Å²) >= 11 is -2.47. The highest BCUT2D eigenvalue weighted by molar-refractivity contribution is 7.86. The largest absolute Gasteiger partial charge is 0.380 e. The monoisotopic (exact) mass is 791 g/mol. The van der Waals surface area contributed by atoms with Crippen LogP contribution in [0, 0.1) is 0 Å². The Morgan fingerprint density at radius 2 is 1.46 bits per heavy atom. The fourth-order valence-electron chi connectivity index (χ4n) is 7.84. The molecule has 0 saturated carbocycles. The van der Waals surface area contributed by atoms with E-state index in [4.69, 9.17) is 4.18 Å². The number of benzene rings is 4. The molecular weight excluding hydrogens is 749 g/mol. The maximum atomic E-state index is 11.8. The third-order valence-electron chi connectivity index (χ3n) is 10.1. The zero-order valence-electron chi connectivity index (χ0n) is 30.6. The number of hydrogen-bond acceptors (Lipinski definition) is 7. The van der Waals surface area contributed by atoms with Crippen LogP contribution in [0.25, 0.3) is 21.5 Å². The quantitative estimate of drug-likeness (QED) is 0.0559. The first-order chi connectivity index (χ1) is 25.3. The predicted molar refractivity (Wildman–Crippen MR) is 215 cm³/mol. The lowest BCUT2D eigenvalue weighted by atomic mass is 9.79. The fraction of sp³-hybridized carbons (Fsp3) is 0.275. The van der Waals surface area contributed by atoms with Gasteiger partial charge in [-0.15, -0.1) is 0 Å². The van der Waals surface area contributed by atoms with Crippen molar-refractivity contribution in [3.8, 4) is 5.75 Å². The lowest BCUT2D eigenvalue weighted by Crippen LogP contribution is -2.30. The lowest BCUT2D eigenvalue weighted by Gasteiger charge is -2.26. The number of anilines is 1. The normalized spacial score (nSPS) is 18.2. The van der Waals surface area contributed by atoms with Crippen molar-refractivity contribution in [3.05, 3.63) is 120 Å². The Balaban J connectivity index is 1.28. The highest BCUT2D eigenvalue weighted by Gasteiger charge is 2.45. The number of fused-ring (bicyclic) bond motifs is 6. The van der Waals surface area contributed by atoms with E-state index in [9.17, 15) is 34.7 Å². The molecule has 54 heavy (non-hydrogen) atoms. The van der Waals surface area contributed by atoms with E-state index in [1.807, 2.05) is 85.5 Å². The topological polar surface area (TPSA) is 162 Å². The molecule has 0 bridgehead atoms. The Kier molecular flexibility index (Phi) is 10.7. The molecule has 0 aromatic heterocycles. The summed E-state index contributed by atoms with van der Waals surface area (Å²) in [5.74, 6) is -0.221. The van der Waals surface area contributed by atoms with Gasteiger partial charge in [0.15, 0.2) is 5.71 Å². The summed E-state index contributed by atoms with van der Waals surface area (Å²) in [6, 6.07) is 17.4. The Labute approximate surface area is 318 Å². The van der Waals surface area contributed by atoms with Crippen LogP contribution in [-0.2, 0) is 42.4 Å². The fourth-order valence-corrected chi connectivity index (χ4v) is 9.03. The molecule has 2 aliphatic rings. The molecule has 0 aliphatic carbocycles. The maximum absolute atomic E-state index is 11.8. The van der Waals surface area contributed by atoms with Gasteiger partial charge in [0, 0.05) is 47.5 Å². The summed E-state index contributed by atoms with van der Waals surface area (Å²) in [6.07, 6.45) is 14.5. The third-order valence-corrected chi connectivity index (χ3v) is 12.0. The van der Waals surface area contributed by atoms with Crippen LogP contribution < -0.4 is 9.08 Å². The van der Waals surface area contributed by atoms with Crippen LogP contribution in [0.5, 0.6) is 5.75 Å². The Morgan fingerprint density at radius 3 is 2.15 bits per heavy atom. The minimum atomic E-state index is -4.33. The molecule has 4 aromatic carbocycles. The van der Waals surface area contributed by atoms with Crippen molar-refractivity contribution in [1.29, 1.82) is 0 Å². The second-order valence-electron chi connectivity index (χ2n) is 14.4. The van der Waals surface area contributed by atoms with E-state index in [2.05, 4.69) is 31.4 Å². The lowest BCUT2D eigenvalue weighted by molar-refractivity contribution is -0.437. The molecule has 2 heterocycles. The van der Waals surface area contributed by atoms with Crippen molar-refractivity contribution in [2.75, 3.05) is 23.7 Å². The maximum Gasteiger partial charge on any atom is 0.357 e. The molecule has 2 aliphatic heterocycles. The van der Waals surface area contributed by atoms with Crippen molar-refractivity contribution in [3.63, 3.8) is 0 Å². The molecule has 0 saturated heterocycles. The van der Waals surface area contributed by atoms with Crippen LogP contribution in [0.4, 0.5) is 11.4 Å². The summed E-state index contributed by atoms with van der Waals surface area (Å²) in [6.45, 7) is 11.3. The molecule has 0 fully saturated rings. The molecule has 284 valence electrons. The van der Waals surface area contributed by atoms with Gasteiger partial charge in [-0.3, -0.25) is 13.7 Å². The molecule has 1 atom stereocenters. The molecule has 3 N–H and O–H groups in total. The SMILES string of the molecule is CCC[N+]1=C(/C=C/C=C/C=C/C=C2\N(CCS(=O)(=O)O)c3ccc4cc(OS(=O)O)ccc4c3C2(C)C)C(C)(C)c2c1ccc1cc(S(=O)(=O)O)ccc21. The van der Waals surface area contributed by atoms with Gasteiger partial charge in [0.25, 0.3) is 20.2 Å². The van der Waals surface area contributed by atoms with Crippen molar-refractivity contribution in [2.24, 2.45) is 0 Å². The van der Waals surface area contributed by atoms with Crippen LogP contribution in [0.3, 0.4) is 0 Å². The van der Waals surface area contributed by atoms with Gasteiger partial charge in [0.1, 0.15) is 12.3 Å². The molecule has 0 amide bonds. The standard InChI is InChI=1S/C40H42N2O9S3/c1-6-22-41-33-21-15-28-26-30(54(48,49)50)17-19-32(28)38(33)39(2,3)35(41)12-10-8-7-9-11-13-36-40(4,5)37-31-18-16-29(51-52(43)44)25-27(31)14-20-34(37)42(36)23-24-53(45,46)47/h7-21,25-26H,6,22-24H2,1-5H3,(H2-,43,44,45,46,47,48,49,50)/p+1. The van der Waals surface area contributed by atoms with Gasteiger partial charge in [0.2, 0.25) is 5.69 Å². The second-order valence-corrected chi connectivity index (χ2v) is 18.0. The first-order valence-corrected chi connectivity index (χ1v) is 21.4. The number of rotatable bonds is 12. The zero-order valence-corrected chi connectivity index (χ0v) is 33.0. The summed E-state index contributed by atoms with van der Waals surface area (Å²) in [5, 5.41) is 3.33. The first-order valence-electron chi connectivity index (χ1n) is 17.4. The van der Waals surface area contributed by atoms with Gasteiger partial charge in [-0.1, -0.05) is 69.4 Å². The summed E-state index contributed by atoms with van der Waals surface area (Å²) < 4.78 is 94.1. The zero-order chi connectivity index (χ0) is 39.2. The van der Waals surface area contributed by atoms with Gasteiger partial charge in [-0.05, 0) is 83.4 Å². The van der Waals surface area contributed by atoms with E-state index in [0.29, 0.717) is 0 Å². The minimum Gasteiger partial charge on any atom is -0.380 e. The highest BCUT2D eigenvalue weighted by Crippen LogP contribution is 2.51. The van der Waals surface area contributed by atoms with Crippen molar-refractivity contribution in [2.45, 2.75) is 56.8 Å². The van der Waals surface area contributed by atoms with E-state index in [-0.39, 0.29) is 17.2 Å². The molecular formula is C40H43N2O9S3+. The molecule has 11 nitrogen and oxygen atoms in total. The van der Waals surface area contributed by atoms with Crippen molar-refractivity contribution < 1.29 is 43.5 Å². The summed E-state index contributed by atoms with van der Waals surface area (Å²) in [4.78, 5) is 1.76. The molecule has 6 rings (SSSR count). The predicted octanol–water partition coefficient (Wildman–Crippen LogP) is 7.78. The van der Waals surface area contributed by atoms with Gasteiger partial charge in [0.05, 0.1) is 16.1 Å². The molecule has 14 heteroatoms. The van der Waals surface area contributed by atoms with Crippen molar-refractivity contribution >= 4 is 70.2 Å². The minimum absolute atomic E-state index is 0.0335. The van der Waals surface area contributed by atoms with Crippen molar-refractivity contribution in [1.82, 2.24) is 0 Å². The average Bonchev–Trinajstić information content (AvgIpc) is 3.44. The number of nitrogens with zero attached hydrogens (tertiary/aromatic N) is 2. The summed E-state index contributed by atoms with van der Waals surface area (Å²) in [5.41, 5.74) is 4.84. The van der Waals surface area contributed by atoms with Gasteiger partial charge < -0.3 is 9.08 Å². The van der Waals surface area contributed by atoms with Crippen LogP contribution >= 0.6 is 0 Å². The van der Waals surface area contributed by atoms with E-state index in [1.54, 1.807) is 18.2 Å². The van der Waals surface area contributed by atoms with Gasteiger partial charge in [-0.25, -0.2) is 0 Å². The van der Waals surface area contributed by atoms with E-state index in [1.165, 1.54) is 12.1 Å². The average molecular weight is 792 g/mol. The van der Waals surface area contributed by atoms with Crippen LogP contribution in [-0.4, -0.2) is 63.8 Å². The smallest absolute Gasteiger partial charge is 0.357 e. The van der Waals surface area contributed by atoms with E-state index >= 15 is 0 Å². The molecule has 0 spiro atoms. The third kappa shape index (κ3) is 7.59. The van der Waals surface area contributed by atoms with E-state index < -0.39 is 48.2 Å². The van der Waals surface area contributed by atoms with Gasteiger partial charge in [-0.2, -0.15) is 25.6 Å². The Bertz CT molecular complexity index is 2580. The highest BCUT2D eigenvalue weighted by atomic mass is 32.2. The van der Waals surface area contributed by atoms with Gasteiger partial charge >= 0.3 is 11.4 Å². The molecule has 0 radical (unpaired) electrons. The molecule has 1 unspecified atom stereocenters. The Hall–Kier alpha value is -4.44. The van der Waals surface area contributed by atoms with Crippen LogP contribution in [0.2, 0.25) is 0 Å². The first kappa shape index (κ1) is 39.3.